The molecular weight excluding hydrogens is 324 g/mol. The maximum absolute atomic E-state index is 12.6. The van der Waals surface area contributed by atoms with E-state index in [1.807, 2.05) is 13.8 Å². The Labute approximate surface area is 146 Å². The number of aliphatic carboxylic acids is 1. The standard InChI is InChI=1S/C18H22N2O5/c1-11(2)18(17(23)24)7-8-20(10-18)15(21)9-14-16(22)19-12-5-3-4-6-13(12)25-14/h3-6,11,14H,7-10H2,1-2H3,(H,19,22)(H,23,24). The van der Waals surface area contributed by atoms with E-state index >= 15 is 0 Å². The Hall–Kier alpha value is -2.57. The molecule has 1 aromatic rings. The molecule has 0 aliphatic carbocycles. The predicted molar refractivity (Wildman–Crippen MR) is 90.2 cm³/mol. The molecule has 0 saturated carbocycles. The summed E-state index contributed by atoms with van der Waals surface area (Å²) in [6, 6.07) is 7.04. The number of benzene rings is 1. The van der Waals surface area contributed by atoms with Crippen LogP contribution in [0.4, 0.5) is 5.69 Å². The summed E-state index contributed by atoms with van der Waals surface area (Å²) < 4.78 is 5.65. The lowest BCUT2D eigenvalue weighted by molar-refractivity contribution is -0.151. The van der Waals surface area contributed by atoms with Crippen LogP contribution < -0.4 is 10.1 Å². The van der Waals surface area contributed by atoms with Gasteiger partial charge in [-0.3, -0.25) is 14.4 Å². The third-order valence-electron chi connectivity index (χ3n) is 5.25. The van der Waals surface area contributed by atoms with E-state index in [4.69, 9.17) is 4.74 Å². The monoisotopic (exact) mass is 346 g/mol. The lowest BCUT2D eigenvalue weighted by atomic mass is 9.76. The Bertz CT molecular complexity index is 717. The van der Waals surface area contributed by atoms with Gasteiger partial charge in [0.15, 0.2) is 6.10 Å². The molecule has 2 atom stereocenters. The van der Waals surface area contributed by atoms with E-state index < -0.39 is 17.5 Å². The van der Waals surface area contributed by atoms with Gasteiger partial charge in [-0.05, 0) is 24.5 Å². The van der Waals surface area contributed by atoms with Gasteiger partial charge in [-0.25, -0.2) is 0 Å². The highest BCUT2D eigenvalue weighted by atomic mass is 16.5. The van der Waals surface area contributed by atoms with Gasteiger partial charge in [-0.2, -0.15) is 0 Å². The number of carbonyl (C=O) groups excluding carboxylic acids is 2. The van der Waals surface area contributed by atoms with Crippen molar-refractivity contribution >= 4 is 23.5 Å². The molecule has 2 heterocycles. The molecule has 134 valence electrons. The SMILES string of the molecule is CC(C)C1(C(=O)O)CCN(C(=O)CC2Oc3ccccc3NC2=O)C1. The van der Waals surface area contributed by atoms with Crippen LogP contribution in [0.1, 0.15) is 26.7 Å². The van der Waals surface area contributed by atoms with E-state index in [9.17, 15) is 19.5 Å². The van der Waals surface area contributed by atoms with E-state index in [1.165, 1.54) is 4.90 Å². The van der Waals surface area contributed by atoms with E-state index in [2.05, 4.69) is 5.32 Å². The number of carboxylic acid groups (broad SMARTS) is 1. The highest BCUT2D eigenvalue weighted by Gasteiger charge is 2.48. The first kappa shape index (κ1) is 17.3. The fraction of sp³-hybridized carbons (Fsp3) is 0.500. The Kier molecular flexibility index (Phi) is 4.41. The molecule has 2 unspecified atom stereocenters. The fourth-order valence-corrected chi connectivity index (χ4v) is 3.45. The van der Waals surface area contributed by atoms with E-state index in [-0.39, 0.29) is 30.7 Å². The molecule has 7 nitrogen and oxygen atoms in total. The van der Waals surface area contributed by atoms with Crippen LogP contribution in [0.5, 0.6) is 5.75 Å². The average Bonchev–Trinajstić information content (AvgIpc) is 3.02. The van der Waals surface area contributed by atoms with Crippen molar-refractivity contribution in [2.75, 3.05) is 18.4 Å². The number of carbonyl (C=O) groups is 3. The number of carboxylic acids is 1. The van der Waals surface area contributed by atoms with Crippen molar-refractivity contribution in [1.29, 1.82) is 0 Å². The summed E-state index contributed by atoms with van der Waals surface area (Å²) in [4.78, 5) is 37.9. The van der Waals surface area contributed by atoms with Crippen LogP contribution in [0.15, 0.2) is 24.3 Å². The number of likely N-dealkylation sites (tertiary alicyclic amines) is 1. The number of anilines is 1. The molecule has 0 spiro atoms. The molecular formula is C18H22N2O5. The number of nitrogens with one attached hydrogen (secondary N) is 1. The van der Waals surface area contributed by atoms with Crippen LogP contribution in [0.2, 0.25) is 0 Å². The second-order valence-corrected chi connectivity index (χ2v) is 6.98. The lowest BCUT2D eigenvalue weighted by Gasteiger charge is -2.29. The molecule has 7 heteroatoms. The second-order valence-electron chi connectivity index (χ2n) is 6.98. The third kappa shape index (κ3) is 3.06. The maximum atomic E-state index is 12.6. The number of hydrogen-bond acceptors (Lipinski definition) is 4. The molecule has 2 aliphatic heterocycles. The number of para-hydroxylation sites is 2. The highest BCUT2D eigenvalue weighted by Crippen LogP contribution is 2.38. The van der Waals surface area contributed by atoms with Crippen LogP contribution in [0, 0.1) is 11.3 Å². The molecule has 3 rings (SSSR count). The maximum Gasteiger partial charge on any atom is 0.311 e. The summed E-state index contributed by atoms with van der Waals surface area (Å²) in [7, 11) is 0. The molecule has 1 aromatic carbocycles. The van der Waals surface area contributed by atoms with Crippen molar-refractivity contribution in [3.63, 3.8) is 0 Å². The highest BCUT2D eigenvalue weighted by molar-refractivity contribution is 6.00. The largest absolute Gasteiger partial charge is 0.481 e. The topological polar surface area (TPSA) is 95.9 Å². The number of fused-ring (bicyclic) bond motifs is 1. The molecule has 2 amide bonds. The van der Waals surface area contributed by atoms with Gasteiger partial charge >= 0.3 is 5.97 Å². The predicted octanol–water partition coefficient (Wildman–Crippen LogP) is 1.74. The van der Waals surface area contributed by atoms with Crippen molar-refractivity contribution < 1.29 is 24.2 Å². The fourth-order valence-electron chi connectivity index (χ4n) is 3.45. The number of amides is 2. The van der Waals surface area contributed by atoms with E-state index in [0.29, 0.717) is 24.4 Å². The summed E-state index contributed by atoms with van der Waals surface area (Å²) in [5.74, 6) is -1.05. The van der Waals surface area contributed by atoms with Crippen molar-refractivity contribution in [3.05, 3.63) is 24.3 Å². The zero-order chi connectivity index (χ0) is 18.2. The molecule has 2 N–H and O–H groups in total. The average molecular weight is 346 g/mol. The first-order valence-electron chi connectivity index (χ1n) is 8.41. The Morgan fingerprint density at radius 2 is 2.12 bits per heavy atom. The number of rotatable bonds is 4. The third-order valence-corrected chi connectivity index (χ3v) is 5.25. The minimum absolute atomic E-state index is 0.0797. The van der Waals surface area contributed by atoms with Crippen molar-refractivity contribution in [2.24, 2.45) is 11.3 Å². The minimum atomic E-state index is -0.919. The molecule has 1 fully saturated rings. The van der Waals surface area contributed by atoms with E-state index in [1.54, 1.807) is 24.3 Å². The minimum Gasteiger partial charge on any atom is -0.481 e. The molecule has 0 aromatic heterocycles. The van der Waals surface area contributed by atoms with E-state index in [0.717, 1.165) is 0 Å². The van der Waals surface area contributed by atoms with Gasteiger partial charge in [0.25, 0.3) is 5.91 Å². The van der Waals surface area contributed by atoms with Crippen LogP contribution >= 0.6 is 0 Å². The Morgan fingerprint density at radius 1 is 1.40 bits per heavy atom. The first-order valence-corrected chi connectivity index (χ1v) is 8.41. The van der Waals surface area contributed by atoms with Crippen LogP contribution in [0.3, 0.4) is 0 Å². The summed E-state index contributed by atoms with van der Waals surface area (Å²) >= 11 is 0. The molecule has 0 radical (unpaired) electrons. The van der Waals surface area contributed by atoms with Gasteiger partial charge in [0.1, 0.15) is 5.75 Å². The van der Waals surface area contributed by atoms with Gasteiger partial charge in [-0.1, -0.05) is 26.0 Å². The normalized spacial score (nSPS) is 25.3. The second kappa shape index (κ2) is 6.38. The van der Waals surface area contributed by atoms with Gasteiger partial charge in [-0.15, -0.1) is 0 Å². The van der Waals surface area contributed by atoms with Crippen LogP contribution in [0.25, 0.3) is 0 Å². The summed E-state index contributed by atoms with van der Waals surface area (Å²) in [5, 5.41) is 12.3. The van der Waals surface area contributed by atoms with Crippen LogP contribution in [-0.2, 0) is 14.4 Å². The zero-order valence-corrected chi connectivity index (χ0v) is 14.3. The lowest BCUT2D eigenvalue weighted by Crippen LogP contribution is -2.44. The summed E-state index contributed by atoms with van der Waals surface area (Å²) in [6.45, 7) is 4.27. The number of hydrogen-bond donors (Lipinski definition) is 2. The van der Waals surface area contributed by atoms with Gasteiger partial charge in [0.2, 0.25) is 5.91 Å². The van der Waals surface area contributed by atoms with Gasteiger partial charge in [0.05, 0.1) is 17.5 Å². The molecule has 1 saturated heterocycles. The Morgan fingerprint density at radius 3 is 2.76 bits per heavy atom. The number of ether oxygens (including phenoxy) is 1. The van der Waals surface area contributed by atoms with Gasteiger partial charge in [0, 0.05) is 13.1 Å². The van der Waals surface area contributed by atoms with Crippen molar-refractivity contribution in [3.8, 4) is 5.75 Å². The quantitative estimate of drug-likeness (QED) is 0.866. The van der Waals surface area contributed by atoms with Crippen molar-refractivity contribution in [1.82, 2.24) is 4.90 Å². The van der Waals surface area contributed by atoms with Gasteiger partial charge < -0.3 is 20.1 Å². The smallest absolute Gasteiger partial charge is 0.311 e. The van der Waals surface area contributed by atoms with Crippen molar-refractivity contribution in [2.45, 2.75) is 32.8 Å². The van der Waals surface area contributed by atoms with Crippen LogP contribution in [-0.4, -0.2) is 47.0 Å². The molecule has 25 heavy (non-hydrogen) atoms. The first-order chi connectivity index (χ1) is 11.8. The Balaban J connectivity index is 1.67. The summed E-state index contributed by atoms with van der Waals surface area (Å²) in [5.41, 5.74) is -0.333. The molecule has 2 aliphatic rings. The number of nitrogens with zero attached hydrogens (tertiary/aromatic N) is 1. The zero-order valence-electron chi connectivity index (χ0n) is 14.3. The molecule has 0 bridgehead atoms. The summed E-state index contributed by atoms with van der Waals surface area (Å²) in [6.07, 6.45) is -0.582.